The van der Waals surface area contributed by atoms with E-state index < -0.39 is 0 Å². The van der Waals surface area contributed by atoms with Gasteiger partial charge in [0.15, 0.2) is 6.29 Å². The normalized spacial score (nSPS) is 15.8. The SMILES string of the molecule is CC(C)(C)c1ccccc1OCc1ccccc1C1OCCO1. The predicted octanol–water partition coefficient (Wildman–Crippen LogP) is 4.61. The summed E-state index contributed by atoms with van der Waals surface area (Å²) in [6.07, 6.45) is -0.271. The third-order valence-corrected chi connectivity index (χ3v) is 4.01. The van der Waals surface area contributed by atoms with Crippen LogP contribution in [-0.2, 0) is 21.5 Å². The zero-order chi connectivity index (χ0) is 16.3. The van der Waals surface area contributed by atoms with Crippen LogP contribution in [0, 0.1) is 0 Å². The van der Waals surface area contributed by atoms with Crippen molar-refractivity contribution in [2.24, 2.45) is 0 Å². The molecule has 23 heavy (non-hydrogen) atoms. The third-order valence-electron chi connectivity index (χ3n) is 4.01. The van der Waals surface area contributed by atoms with Crippen molar-refractivity contribution < 1.29 is 14.2 Å². The van der Waals surface area contributed by atoms with Crippen molar-refractivity contribution >= 4 is 0 Å². The fourth-order valence-electron chi connectivity index (χ4n) is 2.80. The molecule has 122 valence electrons. The topological polar surface area (TPSA) is 27.7 Å². The molecule has 0 aliphatic carbocycles. The highest BCUT2D eigenvalue weighted by Crippen LogP contribution is 2.32. The van der Waals surface area contributed by atoms with Crippen LogP contribution < -0.4 is 4.74 Å². The molecule has 1 aliphatic heterocycles. The summed E-state index contributed by atoms with van der Waals surface area (Å²) in [5, 5.41) is 0. The standard InChI is InChI=1S/C20H24O3/c1-20(2,3)17-10-6-7-11-18(17)23-14-15-8-4-5-9-16(15)19-21-12-13-22-19/h4-11,19H,12-14H2,1-3H3. The number of hydrogen-bond acceptors (Lipinski definition) is 3. The molecule has 2 aromatic rings. The summed E-state index contributed by atoms with van der Waals surface area (Å²) in [6, 6.07) is 16.4. The molecule has 0 amide bonds. The highest BCUT2D eigenvalue weighted by atomic mass is 16.7. The zero-order valence-electron chi connectivity index (χ0n) is 14.0. The molecule has 1 saturated heterocycles. The van der Waals surface area contributed by atoms with Crippen molar-refractivity contribution in [2.75, 3.05) is 13.2 Å². The minimum absolute atomic E-state index is 0.0494. The fraction of sp³-hybridized carbons (Fsp3) is 0.400. The summed E-state index contributed by atoms with van der Waals surface area (Å²) < 4.78 is 17.4. The summed E-state index contributed by atoms with van der Waals surface area (Å²) in [7, 11) is 0. The van der Waals surface area contributed by atoms with Crippen molar-refractivity contribution in [3.63, 3.8) is 0 Å². The Morgan fingerprint density at radius 1 is 0.957 bits per heavy atom. The van der Waals surface area contributed by atoms with Crippen LogP contribution in [0.5, 0.6) is 5.75 Å². The van der Waals surface area contributed by atoms with Gasteiger partial charge in [-0.1, -0.05) is 63.2 Å². The Labute approximate surface area is 138 Å². The third kappa shape index (κ3) is 3.74. The lowest BCUT2D eigenvalue weighted by molar-refractivity contribution is -0.0451. The number of rotatable bonds is 4. The predicted molar refractivity (Wildman–Crippen MR) is 90.6 cm³/mol. The molecule has 0 spiro atoms. The molecule has 2 aromatic carbocycles. The molecule has 0 atom stereocenters. The molecule has 0 N–H and O–H groups in total. The molecule has 1 heterocycles. The first kappa shape index (κ1) is 16.0. The van der Waals surface area contributed by atoms with Gasteiger partial charge in [0.2, 0.25) is 0 Å². The lowest BCUT2D eigenvalue weighted by atomic mass is 9.86. The Morgan fingerprint density at radius 3 is 2.35 bits per heavy atom. The Balaban J connectivity index is 1.80. The van der Waals surface area contributed by atoms with Gasteiger partial charge < -0.3 is 14.2 Å². The van der Waals surface area contributed by atoms with E-state index in [1.54, 1.807) is 0 Å². The van der Waals surface area contributed by atoms with Gasteiger partial charge in [-0.25, -0.2) is 0 Å². The highest BCUT2D eigenvalue weighted by Gasteiger charge is 2.22. The minimum Gasteiger partial charge on any atom is -0.489 e. The van der Waals surface area contributed by atoms with Gasteiger partial charge in [-0.05, 0) is 22.6 Å². The second kappa shape index (κ2) is 6.73. The van der Waals surface area contributed by atoms with Gasteiger partial charge in [-0.3, -0.25) is 0 Å². The Morgan fingerprint density at radius 2 is 1.61 bits per heavy atom. The molecule has 0 radical (unpaired) electrons. The Hall–Kier alpha value is -1.84. The largest absolute Gasteiger partial charge is 0.489 e. The summed E-state index contributed by atoms with van der Waals surface area (Å²) >= 11 is 0. The molecular weight excluding hydrogens is 288 g/mol. The van der Waals surface area contributed by atoms with Crippen molar-refractivity contribution in [3.05, 3.63) is 65.2 Å². The first-order valence-corrected chi connectivity index (χ1v) is 8.09. The van der Waals surface area contributed by atoms with E-state index in [9.17, 15) is 0 Å². The van der Waals surface area contributed by atoms with Crippen LogP contribution in [0.4, 0.5) is 0 Å². The lowest BCUT2D eigenvalue weighted by Gasteiger charge is -2.23. The van der Waals surface area contributed by atoms with E-state index >= 15 is 0 Å². The zero-order valence-corrected chi connectivity index (χ0v) is 14.0. The van der Waals surface area contributed by atoms with E-state index in [-0.39, 0.29) is 11.7 Å². The van der Waals surface area contributed by atoms with Crippen LogP contribution in [0.2, 0.25) is 0 Å². The van der Waals surface area contributed by atoms with Gasteiger partial charge in [-0.15, -0.1) is 0 Å². The second-order valence-electron chi connectivity index (χ2n) is 6.81. The molecular formula is C20H24O3. The molecule has 0 bridgehead atoms. The van der Waals surface area contributed by atoms with Crippen LogP contribution in [0.3, 0.4) is 0 Å². The summed E-state index contributed by atoms with van der Waals surface area (Å²) in [6.45, 7) is 8.39. The monoisotopic (exact) mass is 312 g/mol. The second-order valence-corrected chi connectivity index (χ2v) is 6.81. The minimum atomic E-state index is -0.271. The lowest BCUT2D eigenvalue weighted by Crippen LogP contribution is -2.14. The van der Waals surface area contributed by atoms with E-state index in [1.165, 1.54) is 5.56 Å². The van der Waals surface area contributed by atoms with Gasteiger partial charge >= 0.3 is 0 Å². The molecule has 0 unspecified atom stereocenters. The van der Waals surface area contributed by atoms with Crippen LogP contribution in [0.1, 0.15) is 43.8 Å². The summed E-state index contributed by atoms with van der Waals surface area (Å²) in [5.41, 5.74) is 3.42. The van der Waals surface area contributed by atoms with Gasteiger partial charge in [0.25, 0.3) is 0 Å². The fourth-order valence-corrected chi connectivity index (χ4v) is 2.80. The highest BCUT2D eigenvalue weighted by molar-refractivity contribution is 5.39. The average molecular weight is 312 g/mol. The first-order valence-electron chi connectivity index (χ1n) is 8.09. The van der Waals surface area contributed by atoms with Crippen LogP contribution >= 0.6 is 0 Å². The van der Waals surface area contributed by atoms with Crippen LogP contribution in [0.25, 0.3) is 0 Å². The van der Waals surface area contributed by atoms with Crippen molar-refractivity contribution in [3.8, 4) is 5.75 Å². The van der Waals surface area contributed by atoms with E-state index in [2.05, 4.69) is 39.0 Å². The molecule has 3 nitrogen and oxygen atoms in total. The average Bonchev–Trinajstić information content (AvgIpc) is 3.07. The number of para-hydroxylation sites is 1. The van der Waals surface area contributed by atoms with Crippen LogP contribution in [-0.4, -0.2) is 13.2 Å². The van der Waals surface area contributed by atoms with Crippen molar-refractivity contribution in [2.45, 2.75) is 39.1 Å². The van der Waals surface area contributed by atoms with E-state index in [4.69, 9.17) is 14.2 Å². The van der Waals surface area contributed by atoms with E-state index in [1.807, 2.05) is 30.3 Å². The molecule has 1 aliphatic rings. The maximum absolute atomic E-state index is 6.14. The first-order chi connectivity index (χ1) is 11.1. The maximum Gasteiger partial charge on any atom is 0.184 e. The summed E-state index contributed by atoms with van der Waals surface area (Å²) in [5.74, 6) is 0.933. The van der Waals surface area contributed by atoms with Gasteiger partial charge in [0.05, 0.1) is 13.2 Å². The molecule has 3 heteroatoms. The van der Waals surface area contributed by atoms with Crippen molar-refractivity contribution in [1.82, 2.24) is 0 Å². The van der Waals surface area contributed by atoms with E-state index in [0.29, 0.717) is 19.8 Å². The van der Waals surface area contributed by atoms with E-state index in [0.717, 1.165) is 16.9 Å². The summed E-state index contributed by atoms with van der Waals surface area (Å²) in [4.78, 5) is 0. The number of benzene rings is 2. The maximum atomic E-state index is 6.14. The van der Waals surface area contributed by atoms with Crippen LogP contribution in [0.15, 0.2) is 48.5 Å². The molecule has 0 saturated carbocycles. The van der Waals surface area contributed by atoms with Gasteiger partial charge in [-0.2, -0.15) is 0 Å². The van der Waals surface area contributed by atoms with Crippen molar-refractivity contribution in [1.29, 1.82) is 0 Å². The Kier molecular flexibility index (Phi) is 4.69. The molecule has 3 rings (SSSR count). The number of hydrogen-bond donors (Lipinski definition) is 0. The number of ether oxygens (including phenoxy) is 3. The van der Waals surface area contributed by atoms with Gasteiger partial charge in [0, 0.05) is 5.56 Å². The molecule has 1 fully saturated rings. The van der Waals surface area contributed by atoms with Gasteiger partial charge in [0.1, 0.15) is 12.4 Å². The smallest absolute Gasteiger partial charge is 0.184 e. The quantitative estimate of drug-likeness (QED) is 0.825. The Bertz CT molecular complexity index is 652. The molecule has 0 aromatic heterocycles.